The van der Waals surface area contributed by atoms with Gasteiger partial charge in [0.2, 0.25) is 0 Å². The first kappa shape index (κ1) is 45.2. The first-order valence-corrected chi connectivity index (χ1v) is 22.9. The van der Waals surface area contributed by atoms with Gasteiger partial charge >= 0.3 is 0 Å². The smallest absolute Gasteiger partial charge is 0.187 e. The van der Waals surface area contributed by atoms with E-state index in [0.717, 1.165) is 50.7 Å². The molecule has 8 fully saturated rings. The molecule has 3 unspecified atom stereocenters. The third-order valence-corrected chi connectivity index (χ3v) is 17.4. The summed E-state index contributed by atoms with van der Waals surface area (Å²) in [4.78, 5) is 0. The predicted molar refractivity (Wildman–Crippen MR) is 210 cm³/mol. The highest BCUT2D eigenvalue weighted by Crippen LogP contribution is 2.71. The molecular formula is C44H70O17. The second kappa shape index (κ2) is 16.7. The van der Waals surface area contributed by atoms with Crippen molar-refractivity contribution in [2.75, 3.05) is 19.8 Å². The van der Waals surface area contributed by atoms with Crippen molar-refractivity contribution in [2.24, 2.45) is 46.3 Å². The number of rotatable bonds is 7. The van der Waals surface area contributed by atoms with Crippen molar-refractivity contribution in [3.63, 3.8) is 0 Å². The van der Waals surface area contributed by atoms with Crippen molar-refractivity contribution in [2.45, 2.75) is 196 Å². The predicted octanol–water partition coefficient (Wildman–Crippen LogP) is -0.176. The van der Waals surface area contributed by atoms with Gasteiger partial charge in [-0.1, -0.05) is 39.3 Å². The molecule has 5 saturated heterocycles. The van der Waals surface area contributed by atoms with Crippen molar-refractivity contribution in [3.8, 4) is 0 Å². The molecule has 0 aromatic rings. The van der Waals surface area contributed by atoms with E-state index in [1.165, 1.54) is 0 Å². The monoisotopic (exact) mass is 870 g/mol. The van der Waals surface area contributed by atoms with Crippen LogP contribution in [0.15, 0.2) is 11.6 Å². The number of hydrogen-bond donors (Lipinski definition) is 9. The molecule has 0 amide bonds. The Morgan fingerprint density at radius 1 is 0.738 bits per heavy atom. The van der Waals surface area contributed by atoms with E-state index in [0.29, 0.717) is 30.1 Å². The molecule has 17 heteroatoms. The molecule has 9 rings (SSSR count). The Balaban J connectivity index is 1.01. The van der Waals surface area contributed by atoms with E-state index in [-0.39, 0.29) is 36.4 Å². The molecule has 4 aliphatic carbocycles. The van der Waals surface area contributed by atoms with E-state index >= 15 is 0 Å². The summed E-state index contributed by atoms with van der Waals surface area (Å²) in [6.07, 6.45) is -13.7. The van der Waals surface area contributed by atoms with E-state index in [9.17, 15) is 46.0 Å². The standard InChI is InChI=1S/C44H70O17/c1-18-8-11-44(55-16-18)19(2)30-27(61-44)14-25-23-7-6-21-12-22(46)13-29(43(21,5)24(23)9-10-42(25,30)4)58-41-38(60-40-36(53)34(51)33(50)28(15-45)57-40)37(31(48)20(3)56-41)59-39-35(52)32(49)26(47)17-54-39/h6,18-20,22-41,45-53H,7-17H2,1-5H3/t18-,19?,20-,22-,23-,24+,25+,26-,27?,28-,29-,30?,31+,32+,33-,34+,35-,36-,37+,38-,39+,40+,41+,42+,43+,44-/m1/s1. The van der Waals surface area contributed by atoms with Crippen LogP contribution in [0.5, 0.6) is 0 Å². The van der Waals surface area contributed by atoms with Gasteiger partial charge in [0.1, 0.15) is 61.0 Å². The van der Waals surface area contributed by atoms with E-state index in [1.807, 2.05) is 0 Å². The summed E-state index contributed by atoms with van der Waals surface area (Å²) in [7, 11) is 0. The fourth-order valence-electron chi connectivity index (χ4n) is 13.8. The van der Waals surface area contributed by atoms with Gasteiger partial charge < -0.3 is 83.9 Å². The number of aliphatic hydroxyl groups excluding tert-OH is 9. The molecular weight excluding hydrogens is 800 g/mol. The maximum atomic E-state index is 11.6. The lowest BCUT2D eigenvalue weighted by Crippen LogP contribution is -2.67. The summed E-state index contributed by atoms with van der Waals surface area (Å²) in [6, 6.07) is 0. The molecule has 9 aliphatic rings. The first-order valence-electron chi connectivity index (χ1n) is 22.9. The van der Waals surface area contributed by atoms with Crippen LogP contribution in [0.25, 0.3) is 0 Å². The van der Waals surface area contributed by atoms with Crippen LogP contribution >= 0.6 is 0 Å². The maximum absolute atomic E-state index is 11.6. The molecule has 17 nitrogen and oxygen atoms in total. The zero-order chi connectivity index (χ0) is 43.5. The molecule has 0 radical (unpaired) electrons. The van der Waals surface area contributed by atoms with Gasteiger partial charge in [-0.15, -0.1) is 0 Å². The van der Waals surface area contributed by atoms with Crippen molar-refractivity contribution in [3.05, 3.63) is 11.6 Å². The topological polar surface area (TPSA) is 256 Å². The summed E-state index contributed by atoms with van der Waals surface area (Å²) in [6.45, 7) is 10.5. The number of hydrogen-bond acceptors (Lipinski definition) is 17. The number of aliphatic hydroxyl groups is 9. The Hall–Kier alpha value is -0.940. The largest absolute Gasteiger partial charge is 0.394 e. The molecule has 0 bridgehead atoms. The molecule has 3 saturated carbocycles. The lowest BCUT2D eigenvalue weighted by molar-refractivity contribution is -0.392. The summed E-state index contributed by atoms with van der Waals surface area (Å²) < 4.78 is 50.8. The molecule has 61 heavy (non-hydrogen) atoms. The van der Waals surface area contributed by atoms with Crippen LogP contribution in [0.4, 0.5) is 0 Å². The molecule has 348 valence electrons. The number of allylic oxidation sites excluding steroid dienone is 1. The lowest BCUT2D eigenvalue weighted by atomic mass is 9.46. The highest BCUT2D eigenvalue weighted by atomic mass is 16.8. The van der Waals surface area contributed by atoms with Crippen molar-refractivity contribution < 1.29 is 83.9 Å². The lowest BCUT2D eigenvalue weighted by Gasteiger charge is -2.60. The Morgan fingerprint density at radius 2 is 1.48 bits per heavy atom. The van der Waals surface area contributed by atoms with Gasteiger partial charge in [-0.25, -0.2) is 0 Å². The highest BCUT2D eigenvalue weighted by Gasteiger charge is 2.70. The van der Waals surface area contributed by atoms with Gasteiger partial charge in [-0.05, 0) is 80.5 Å². The van der Waals surface area contributed by atoms with Crippen LogP contribution in [-0.2, 0) is 37.9 Å². The minimum atomic E-state index is -1.83. The average Bonchev–Trinajstić information content (AvgIpc) is 3.68. The first-order chi connectivity index (χ1) is 28.9. The van der Waals surface area contributed by atoms with Crippen LogP contribution in [0.1, 0.15) is 86.0 Å². The van der Waals surface area contributed by atoms with Crippen LogP contribution in [0.2, 0.25) is 0 Å². The quantitative estimate of drug-likeness (QED) is 0.151. The SMILES string of the molecule is CC1C2C(C[C@H]3[C@@H]4CC=C5C[C@@H](O)C[C@@H](O[C@@H]6O[C@H](C)[C@H](O)[C@H](O[C@@H]7OC[C@@H](O)[C@H](O)[C@H]7O)[C@H]6O[C@@H]6O[C@H](CO)[C@@H](O)[C@H](O)[C@H]6O)[C@]5(C)[C@H]4CC[C@]23C)O[C@]12CC[C@@H](C)CO2. The fourth-order valence-corrected chi connectivity index (χ4v) is 13.8. The molecule has 0 aromatic heterocycles. The maximum Gasteiger partial charge on any atom is 0.187 e. The summed E-state index contributed by atoms with van der Waals surface area (Å²) in [5.41, 5.74) is 0.602. The van der Waals surface area contributed by atoms with Crippen LogP contribution in [-0.4, -0.2) is 176 Å². The van der Waals surface area contributed by atoms with Crippen molar-refractivity contribution >= 4 is 0 Å². The van der Waals surface area contributed by atoms with E-state index in [1.54, 1.807) is 6.92 Å². The third-order valence-electron chi connectivity index (χ3n) is 17.4. The van der Waals surface area contributed by atoms with Crippen LogP contribution < -0.4 is 0 Å². The highest BCUT2D eigenvalue weighted by molar-refractivity contribution is 5.29. The summed E-state index contributed by atoms with van der Waals surface area (Å²) >= 11 is 0. The Bertz CT molecular complexity index is 1590. The fraction of sp³-hybridized carbons (Fsp3) is 0.955. The van der Waals surface area contributed by atoms with E-state index < -0.39 is 116 Å². The Labute approximate surface area is 357 Å². The second-order valence-corrected chi connectivity index (χ2v) is 20.7. The molecule has 26 atom stereocenters. The number of ether oxygens (including phenoxy) is 8. The zero-order valence-corrected chi connectivity index (χ0v) is 35.9. The molecule has 5 aliphatic heterocycles. The molecule has 9 N–H and O–H groups in total. The minimum Gasteiger partial charge on any atom is -0.394 e. The average molecular weight is 871 g/mol. The van der Waals surface area contributed by atoms with Crippen LogP contribution in [0.3, 0.4) is 0 Å². The van der Waals surface area contributed by atoms with Crippen LogP contribution in [0, 0.1) is 46.3 Å². The van der Waals surface area contributed by atoms with E-state index in [4.69, 9.17) is 37.9 Å². The Morgan fingerprint density at radius 3 is 2.20 bits per heavy atom. The van der Waals surface area contributed by atoms with Gasteiger partial charge in [-0.3, -0.25) is 0 Å². The van der Waals surface area contributed by atoms with Crippen molar-refractivity contribution in [1.29, 1.82) is 0 Å². The molecule has 0 aromatic carbocycles. The van der Waals surface area contributed by atoms with Gasteiger partial charge in [0.25, 0.3) is 0 Å². The number of fused-ring (bicyclic) bond motifs is 7. The third kappa shape index (κ3) is 7.32. The van der Waals surface area contributed by atoms with Gasteiger partial charge in [0.05, 0.1) is 44.2 Å². The molecule has 1 spiro atoms. The summed E-state index contributed by atoms with van der Waals surface area (Å²) in [5.74, 6) is 1.55. The summed E-state index contributed by atoms with van der Waals surface area (Å²) in [5, 5.41) is 96.9. The minimum absolute atomic E-state index is 0.0513. The van der Waals surface area contributed by atoms with Gasteiger partial charge in [0, 0.05) is 24.2 Å². The molecule has 5 heterocycles. The Kier molecular flexibility index (Phi) is 12.4. The zero-order valence-electron chi connectivity index (χ0n) is 35.9. The second-order valence-electron chi connectivity index (χ2n) is 20.7. The van der Waals surface area contributed by atoms with Gasteiger partial charge in [-0.2, -0.15) is 0 Å². The normalized spacial score (nSPS) is 58.4. The van der Waals surface area contributed by atoms with E-state index in [2.05, 4.69) is 33.8 Å². The van der Waals surface area contributed by atoms with Gasteiger partial charge in [0.15, 0.2) is 24.7 Å². The van der Waals surface area contributed by atoms with Crippen molar-refractivity contribution in [1.82, 2.24) is 0 Å².